The molecular formula is C17H15BrO3. The summed E-state index contributed by atoms with van der Waals surface area (Å²) in [5.74, 6) is 1.82. The zero-order chi connectivity index (χ0) is 14.8. The fourth-order valence-corrected chi connectivity index (χ4v) is 3.14. The molecule has 3 rings (SSSR count). The minimum Gasteiger partial charge on any atom is -0.496 e. The number of benzene rings is 2. The summed E-state index contributed by atoms with van der Waals surface area (Å²) in [7, 11) is 1.64. The van der Waals surface area contributed by atoms with Crippen LogP contribution in [0.5, 0.6) is 11.5 Å². The van der Waals surface area contributed by atoms with Gasteiger partial charge in [-0.3, -0.25) is 4.79 Å². The number of ketones is 1. The third-order valence-electron chi connectivity index (χ3n) is 3.65. The lowest BCUT2D eigenvalue weighted by atomic mass is 10.1. The van der Waals surface area contributed by atoms with E-state index in [4.69, 9.17) is 9.47 Å². The van der Waals surface area contributed by atoms with E-state index in [2.05, 4.69) is 15.9 Å². The van der Waals surface area contributed by atoms with E-state index in [0.717, 1.165) is 39.1 Å². The molecule has 1 aliphatic carbocycles. The molecule has 0 aliphatic heterocycles. The maximum atomic E-state index is 11.7. The predicted octanol–water partition coefficient (Wildman–Crippen LogP) is 4.17. The Bertz CT molecular complexity index is 694. The van der Waals surface area contributed by atoms with Gasteiger partial charge in [0.25, 0.3) is 0 Å². The number of hydrogen-bond donors (Lipinski definition) is 0. The topological polar surface area (TPSA) is 35.5 Å². The highest BCUT2D eigenvalue weighted by molar-refractivity contribution is 9.10. The van der Waals surface area contributed by atoms with Crippen LogP contribution in [0, 0.1) is 0 Å². The van der Waals surface area contributed by atoms with Gasteiger partial charge in [-0.25, -0.2) is 0 Å². The lowest BCUT2D eigenvalue weighted by Gasteiger charge is -2.11. The van der Waals surface area contributed by atoms with Crippen LogP contribution in [-0.2, 0) is 13.0 Å². The standard InChI is InChI=1S/C17H15BrO3/c1-20-17-8-5-11(9-14(17)18)10-21-16-4-2-3-12-13(16)6-7-15(12)19/h2-5,8-9H,6-7,10H2,1H3. The van der Waals surface area contributed by atoms with Gasteiger partial charge in [-0.05, 0) is 46.1 Å². The first-order chi connectivity index (χ1) is 10.2. The van der Waals surface area contributed by atoms with E-state index in [1.54, 1.807) is 7.11 Å². The first-order valence-electron chi connectivity index (χ1n) is 6.79. The molecule has 0 aromatic heterocycles. The minimum absolute atomic E-state index is 0.211. The van der Waals surface area contributed by atoms with Crippen molar-refractivity contribution in [3.63, 3.8) is 0 Å². The van der Waals surface area contributed by atoms with Gasteiger partial charge < -0.3 is 9.47 Å². The van der Waals surface area contributed by atoms with Gasteiger partial charge in [-0.1, -0.05) is 18.2 Å². The van der Waals surface area contributed by atoms with Gasteiger partial charge in [0.05, 0.1) is 11.6 Å². The average molecular weight is 347 g/mol. The van der Waals surface area contributed by atoms with Crippen LogP contribution in [0.15, 0.2) is 40.9 Å². The molecule has 21 heavy (non-hydrogen) atoms. The Morgan fingerprint density at radius 1 is 1.14 bits per heavy atom. The predicted molar refractivity (Wildman–Crippen MR) is 84.1 cm³/mol. The summed E-state index contributed by atoms with van der Waals surface area (Å²) in [6.45, 7) is 0.466. The summed E-state index contributed by atoms with van der Waals surface area (Å²) in [4.78, 5) is 11.7. The van der Waals surface area contributed by atoms with Crippen molar-refractivity contribution in [2.45, 2.75) is 19.4 Å². The molecule has 0 amide bonds. The van der Waals surface area contributed by atoms with Crippen LogP contribution in [0.2, 0.25) is 0 Å². The average Bonchev–Trinajstić information content (AvgIpc) is 2.87. The second kappa shape index (κ2) is 5.90. The maximum absolute atomic E-state index is 11.7. The Kier molecular flexibility index (Phi) is 3.97. The Hall–Kier alpha value is -1.81. The Balaban J connectivity index is 1.77. The molecule has 0 saturated carbocycles. The molecule has 4 heteroatoms. The van der Waals surface area contributed by atoms with Crippen molar-refractivity contribution in [2.75, 3.05) is 7.11 Å². The van der Waals surface area contributed by atoms with Crippen LogP contribution in [0.4, 0.5) is 0 Å². The summed E-state index contributed by atoms with van der Waals surface area (Å²) >= 11 is 3.47. The molecule has 0 unspecified atom stereocenters. The summed E-state index contributed by atoms with van der Waals surface area (Å²) in [6.07, 6.45) is 1.36. The molecule has 0 heterocycles. The molecule has 2 aromatic carbocycles. The lowest BCUT2D eigenvalue weighted by Crippen LogP contribution is -1.99. The van der Waals surface area contributed by atoms with E-state index < -0.39 is 0 Å². The molecule has 0 spiro atoms. The van der Waals surface area contributed by atoms with Crippen LogP contribution in [-0.4, -0.2) is 12.9 Å². The molecule has 3 nitrogen and oxygen atoms in total. The number of methoxy groups -OCH3 is 1. The number of carbonyl (C=O) groups is 1. The Morgan fingerprint density at radius 3 is 2.76 bits per heavy atom. The second-order valence-electron chi connectivity index (χ2n) is 4.96. The number of ether oxygens (including phenoxy) is 2. The van der Waals surface area contributed by atoms with E-state index in [0.29, 0.717) is 13.0 Å². The summed E-state index contributed by atoms with van der Waals surface area (Å²) in [5.41, 5.74) is 2.89. The molecule has 0 saturated heterocycles. The number of hydrogen-bond acceptors (Lipinski definition) is 3. The number of fused-ring (bicyclic) bond motifs is 1. The lowest BCUT2D eigenvalue weighted by molar-refractivity contribution is 0.0994. The van der Waals surface area contributed by atoms with E-state index in [1.165, 1.54) is 0 Å². The molecule has 2 aromatic rings. The molecule has 0 fully saturated rings. The van der Waals surface area contributed by atoms with Gasteiger partial charge in [0, 0.05) is 17.5 Å². The zero-order valence-corrected chi connectivity index (χ0v) is 13.3. The first kappa shape index (κ1) is 14.1. The fraction of sp³-hybridized carbons (Fsp3) is 0.235. The van der Waals surface area contributed by atoms with Gasteiger partial charge in [-0.2, -0.15) is 0 Å². The molecular weight excluding hydrogens is 332 g/mol. The van der Waals surface area contributed by atoms with Gasteiger partial charge in [0.1, 0.15) is 18.1 Å². The van der Waals surface area contributed by atoms with Crippen LogP contribution in [0.25, 0.3) is 0 Å². The summed E-state index contributed by atoms with van der Waals surface area (Å²) < 4.78 is 12.0. The highest BCUT2D eigenvalue weighted by Crippen LogP contribution is 2.31. The zero-order valence-electron chi connectivity index (χ0n) is 11.7. The van der Waals surface area contributed by atoms with Crippen molar-refractivity contribution in [2.24, 2.45) is 0 Å². The van der Waals surface area contributed by atoms with Gasteiger partial charge in [0.15, 0.2) is 5.78 Å². The number of halogens is 1. The maximum Gasteiger partial charge on any atom is 0.163 e. The minimum atomic E-state index is 0.211. The van der Waals surface area contributed by atoms with E-state index in [9.17, 15) is 4.79 Å². The van der Waals surface area contributed by atoms with Crippen molar-refractivity contribution in [1.29, 1.82) is 0 Å². The quantitative estimate of drug-likeness (QED) is 0.833. The van der Waals surface area contributed by atoms with Crippen molar-refractivity contribution >= 4 is 21.7 Å². The van der Waals surface area contributed by atoms with Crippen molar-refractivity contribution in [1.82, 2.24) is 0 Å². The van der Waals surface area contributed by atoms with Crippen molar-refractivity contribution < 1.29 is 14.3 Å². The summed E-state index contributed by atoms with van der Waals surface area (Å²) in [5, 5.41) is 0. The van der Waals surface area contributed by atoms with Gasteiger partial charge in [-0.15, -0.1) is 0 Å². The highest BCUT2D eigenvalue weighted by Gasteiger charge is 2.22. The van der Waals surface area contributed by atoms with Crippen molar-refractivity contribution in [3.8, 4) is 11.5 Å². The van der Waals surface area contributed by atoms with Crippen LogP contribution >= 0.6 is 15.9 Å². The smallest absolute Gasteiger partial charge is 0.163 e. The number of rotatable bonds is 4. The molecule has 0 atom stereocenters. The van der Waals surface area contributed by atoms with Gasteiger partial charge in [0.2, 0.25) is 0 Å². The Labute approximate surface area is 132 Å². The van der Waals surface area contributed by atoms with Crippen molar-refractivity contribution in [3.05, 3.63) is 57.6 Å². The van der Waals surface area contributed by atoms with Crippen LogP contribution in [0.1, 0.15) is 27.9 Å². The molecule has 0 bridgehead atoms. The molecule has 0 N–H and O–H groups in total. The molecule has 0 radical (unpaired) electrons. The molecule has 108 valence electrons. The number of carbonyl (C=O) groups excluding carboxylic acids is 1. The second-order valence-corrected chi connectivity index (χ2v) is 5.82. The third-order valence-corrected chi connectivity index (χ3v) is 4.27. The Morgan fingerprint density at radius 2 is 2.00 bits per heavy atom. The first-order valence-corrected chi connectivity index (χ1v) is 7.58. The van der Waals surface area contributed by atoms with E-state index in [-0.39, 0.29) is 5.78 Å². The van der Waals surface area contributed by atoms with Gasteiger partial charge >= 0.3 is 0 Å². The number of Topliss-reactive ketones (excluding diaryl/α,β-unsaturated/α-hetero) is 1. The van der Waals surface area contributed by atoms with Crippen LogP contribution in [0.3, 0.4) is 0 Å². The van der Waals surface area contributed by atoms with Crippen LogP contribution < -0.4 is 9.47 Å². The monoisotopic (exact) mass is 346 g/mol. The fourth-order valence-electron chi connectivity index (χ4n) is 2.55. The largest absolute Gasteiger partial charge is 0.496 e. The van der Waals surface area contributed by atoms with E-state index in [1.807, 2.05) is 36.4 Å². The van der Waals surface area contributed by atoms with E-state index >= 15 is 0 Å². The SMILES string of the molecule is COc1ccc(COc2cccc3c2CCC3=O)cc1Br. The summed E-state index contributed by atoms with van der Waals surface area (Å²) in [6, 6.07) is 11.5. The normalized spacial score (nSPS) is 13.1. The highest BCUT2D eigenvalue weighted by atomic mass is 79.9. The third kappa shape index (κ3) is 2.81. The molecule has 1 aliphatic rings.